The molecule has 0 amide bonds. The highest BCUT2D eigenvalue weighted by Gasteiger charge is 2.28. The minimum absolute atomic E-state index is 0.184. The maximum absolute atomic E-state index is 14.0. The normalized spacial score (nSPS) is 13.8. The minimum atomic E-state index is -0.869. The van der Waals surface area contributed by atoms with E-state index in [1.165, 1.54) is 19.2 Å². The number of nitrogens with two attached hydrogens (primary N) is 1. The highest BCUT2D eigenvalue weighted by molar-refractivity contribution is 5.33. The van der Waals surface area contributed by atoms with Crippen LogP contribution < -0.4 is 10.5 Å². The maximum atomic E-state index is 14.0. The van der Waals surface area contributed by atoms with Crippen molar-refractivity contribution in [1.82, 2.24) is 0 Å². The van der Waals surface area contributed by atoms with E-state index in [4.69, 9.17) is 10.5 Å². The van der Waals surface area contributed by atoms with E-state index in [2.05, 4.69) is 0 Å². The Morgan fingerprint density at radius 3 is 2.38 bits per heavy atom. The molecular formula is C17H19F2NO. The highest BCUT2D eigenvalue weighted by atomic mass is 19.1. The highest BCUT2D eigenvalue weighted by Crippen LogP contribution is 2.30. The van der Waals surface area contributed by atoms with Gasteiger partial charge < -0.3 is 10.5 Å². The zero-order chi connectivity index (χ0) is 15.5. The summed E-state index contributed by atoms with van der Waals surface area (Å²) in [5.41, 5.74) is 6.67. The molecule has 0 aliphatic heterocycles. The Labute approximate surface area is 123 Å². The Morgan fingerprint density at radius 1 is 1.10 bits per heavy atom. The average Bonchev–Trinajstić information content (AvgIpc) is 2.47. The SMILES string of the molecule is CCC(N)(Cc1ccc(OC)c(F)c1)c1ccccc1F. The molecule has 0 aliphatic carbocycles. The number of halogens is 2. The van der Waals surface area contributed by atoms with E-state index >= 15 is 0 Å². The van der Waals surface area contributed by atoms with Crippen LogP contribution in [0.5, 0.6) is 5.75 Å². The van der Waals surface area contributed by atoms with Gasteiger partial charge >= 0.3 is 0 Å². The number of methoxy groups -OCH3 is 1. The van der Waals surface area contributed by atoms with E-state index in [1.54, 1.807) is 30.3 Å². The first-order chi connectivity index (χ1) is 10.00. The summed E-state index contributed by atoms with van der Waals surface area (Å²) in [7, 11) is 1.41. The Balaban J connectivity index is 2.34. The van der Waals surface area contributed by atoms with Crippen molar-refractivity contribution in [3.63, 3.8) is 0 Å². The molecule has 0 fully saturated rings. The summed E-state index contributed by atoms with van der Waals surface area (Å²) in [6.45, 7) is 1.90. The van der Waals surface area contributed by atoms with E-state index in [0.717, 1.165) is 0 Å². The number of benzene rings is 2. The summed E-state index contributed by atoms with van der Waals surface area (Å²) in [5.74, 6) is -0.596. The molecule has 1 unspecified atom stereocenters. The Bertz CT molecular complexity index is 630. The van der Waals surface area contributed by atoms with E-state index in [9.17, 15) is 8.78 Å². The molecular weight excluding hydrogens is 272 g/mol. The lowest BCUT2D eigenvalue weighted by Crippen LogP contribution is -2.39. The smallest absolute Gasteiger partial charge is 0.165 e. The quantitative estimate of drug-likeness (QED) is 0.910. The fourth-order valence-corrected chi connectivity index (χ4v) is 2.46. The van der Waals surface area contributed by atoms with Crippen molar-refractivity contribution >= 4 is 0 Å². The van der Waals surface area contributed by atoms with E-state index in [-0.39, 0.29) is 11.6 Å². The van der Waals surface area contributed by atoms with Crippen LogP contribution >= 0.6 is 0 Å². The zero-order valence-electron chi connectivity index (χ0n) is 12.2. The van der Waals surface area contributed by atoms with E-state index < -0.39 is 11.4 Å². The summed E-state index contributed by atoms with van der Waals surface area (Å²) in [6, 6.07) is 11.1. The van der Waals surface area contributed by atoms with Gasteiger partial charge in [-0.25, -0.2) is 8.78 Å². The molecule has 21 heavy (non-hydrogen) atoms. The molecule has 112 valence electrons. The number of rotatable bonds is 5. The summed E-state index contributed by atoms with van der Waals surface area (Å²) in [5, 5.41) is 0. The van der Waals surface area contributed by atoms with E-state index in [1.807, 2.05) is 6.92 Å². The van der Waals surface area contributed by atoms with Gasteiger partial charge in [-0.05, 0) is 36.6 Å². The first kappa shape index (κ1) is 15.4. The van der Waals surface area contributed by atoms with Gasteiger partial charge in [0.1, 0.15) is 5.82 Å². The first-order valence-electron chi connectivity index (χ1n) is 6.86. The summed E-state index contributed by atoms with van der Waals surface area (Å²) in [6.07, 6.45) is 0.896. The molecule has 0 aromatic heterocycles. The third-order valence-electron chi connectivity index (χ3n) is 3.78. The maximum Gasteiger partial charge on any atom is 0.165 e. The summed E-state index contributed by atoms with van der Waals surface area (Å²) in [4.78, 5) is 0. The third-order valence-corrected chi connectivity index (χ3v) is 3.78. The Morgan fingerprint density at radius 2 is 1.81 bits per heavy atom. The Kier molecular flexibility index (Phi) is 4.58. The van der Waals surface area contributed by atoms with Crippen LogP contribution in [0, 0.1) is 11.6 Å². The van der Waals surface area contributed by atoms with Crippen molar-refractivity contribution in [2.24, 2.45) is 5.73 Å². The van der Waals surface area contributed by atoms with Gasteiger partial charge in [0.2, 0.25) is 0 Å². The van der Waals surface area contributed by atoms with Crippen LogP contribution in [0.4, 0.5) is 8.78 Å². The molecule has 4 heteroatoms. The van der Waals surface area contributed by atoms with Crippen LogP contribution in [0.3, 0.4) is 0 Å². The molecule has 2 N–H and O–H groups in total. The van der Waals surface area contributed by atoms with E-state index in [0.29, 0.717) is 24.0 Å². The third kappa shape index (κ3) is 3.22. The van der Waals surface area contributed by atoms with Crippen LogP contribution in [0.15, 0.2) is 42.5 Å². The van der Waals surface area contributed by atoms with Gasteiger partial charge in [-0.15, -0.1) is 0 Å². The summed E-state index contributed by atoms with van der Waals surface area (Å²) >= 11 is 0. The first-order valence-corrected chi connectivity index (χ1v) is 6.86. The van der Waals surface area contributed by atoms with Gasteiger partial charge in [-0.2, -0.15) is 0 Å². The molecule has 2 nitrogen and oxygen atoms in total. The lowest BCUT2D eigenvalue weighted by atomic mass is 9.82. The molecule has 0 saturated carbocycles. The van der Waals surface area contributed by atoms with Crippen molar-refractivity contribution in [3.8, 4) is 5.75 Å². The van der Waals surface area contributed by atoms with Crippen LogP contribution in [-0.4, -0.2) is 7.11 Å². The molecule has 0 radical (unpaired) electrons. The van der Waals surface area contributed by atoms with Gasteiger partial charge in [0.05, 0.1) is 7.11 Å². The van der Waals surface area contributed by atoms with Crippen molar-refractivity contribution in [2.45, 2.75) is 25.3 Å². The monoisotopic (exact) mass is 291 g/mol. The summed E-state index contributed by atoms with van der Waals surface area (Å²) < 4.78 is 32.7. The van der Waals surface area contributed by atoms with Crippen LogP contribution in [-0.2, 0) is 12.0 Å². The second kappa shape index (κ2) is 6.22. The Hall–Kier alpha value is -1.94. The van der Waals surface area contributed by atoms with Crippen molar-refractivity contribution in [2.75, 3.05) is 7.11 Å². The number of hydrogen-bond donors (Lipinski definition) is 1. The number of ether oxygens (including phenoxy) is 1. The molecule has 0 spiro atoms. The predicted octanol–water partition coefficient (Wildman–Crippen LogP) is 3.78. The largest absolute Gasteiger partial charge is 0.494 e. The molecule has 0 aliphatic rings. The van der Waals surface area contributed by atoms with Crippen molar-refractivity contribution < 1.29 is 13.5 Å². The average molecular weight is 291 g/mol. The lowest BCUT2D eigenvalue weighted by molar-refractivity contribution is 0.382. The number of hydrogen-bond acceptors (Lipinski definition) is 2. The van der Waals surface area contributed by atoms with Gasteiger partial charge in [-0.3, -0.25) is 0 Å². The van der Waals surface area contributed by atoms with Gasteiger partial charge in [0, 0.05) is 11.1 Å². The molecule has 0 bridgehead atoms. The standard InChI is InChI=1S/C17H19F2NO/c1-3-17(20,13-6-4-5-7-14(13)18)11-12-8-9-16(21-2)15(19)10-12/h4-10H,3,11,20H2,1-2H3. The van der Waals surface area contributed by atoms with Crippen LogP contribution in [0.25, 0.3) is 0 Å². The fraction of sp³-hybridized carbons (Fsp3) is 0.294. The second-order valence-corrected chi connectivity index (χ2v) is 5.14. The predicted molar refractivity (Wildman–Crippen MR) is 79.2 cm³/mol. The van der Waals surface area contributed by atoms with Gasteiger partial charge in [0.25, 0.3) is 0 Å². The second-order valence-electron chi connectivity index (χ2n) is 5.14. The van der Waals surface area contributed by atoms with Crippen LogP contribution in [0.1, 0.15) is 24.5 Å². The minimum Gasteiger partial charge on any atom is -0.494 e. The fourth-order valence-electron chi connectivity index (χ4n) is 2.46. The van der Waals surface area contributed by atoms with Gasteiger partial charge in [0.15, 0.2) is 11.6 Å². The zero-order valence-corrected chi connectivity index (χ0v) is 12.2. The molecule has 2 rings (SSSR count). The topological polar surface area (TPSA) is 35.2 Å². The molecule has 0 saturated heterocycles. The molecule has 1 atom stereocenters. The molecule has 2 aromatic carbocycles. The van der Waals surface area contributed by atoms with Crippen molar-refractivity contribution in [3.05, 3.63) is 65.2 Å². The molecule has 0 heterocycles. The lowest BCUT2D eigenvalue weighted by Gasteiger charge is -2.29. The van der Waals surface area contributed by atoms with Gasteiger partial charge in [-0.1, -0.05) is 31.2 Å². The van der Waals surface area contributed by atoms with Crippen LogP contribution in [0.2, 0.25) is 0 Å². The van der Waals surface area contributed by atoms with Crippen molar-refractivity contribution in [1.29, 1.82) is 0 Å². The molecule has 2 aromatic rings.